The molecule has 1 rings (SSSR count). The van der Waals surface area contributed by atoms with Crippen LogP contribution in [0.4, 0.5) is 0 Å². The first-order valence-corrected chi connectivity index (χ1v) is 5.80. The summed E-state index contributed by atoms with van der Waals surface area (Å²) in [5.41, 5.74) is 6.01. The number of nitrogens with zero attached hydrogens (tertiary/aromatic N) is 1. The van der Waals surface area contributed by atoms with Gasteiger partial charge < -0.3 is 10.8 Å². The van der Waals surface area contributed by atoms with Crippen molar-refractivity contribution in [3.05, 3.63) is 27.0 Å². The summed E-state index contributed by atoms with van der Waals surface area (Å²) < 4.78 is 0. The molecule has 1 heterocycles. The van der Waals surface area contributed by atoms with Gasteiger partial charge in [-0.15, -0.1) is 12.4 Å². The summed E-state index contributed by atoms with van der Waals surface area (Å²) in [5.74, 6) is 0. The summed E-state index contributed by atoms with van der Waals surface area (Å²) >= 11 is 17.8. The summed E-state index contributed by atoms with van der Waals surface area (Å²) in [6.07, 6.45) is 1.40. The molecule has 0 aliphatic carbocycles. The Labute approximate surface area is 122 Å². The average molecular weight is 320 g/mol. The highest BCUT2D eigenvalue weighted by atomic mass is 35.5. The van der Waals surface area contributed by atoms with Gasteiger partial charge in [-0.2, -0.15) is 0 Å². The maximum atomic E-state index is 9.26. The van der Waals surface area contributed by atoms with E-state index in [1.54, 1.807) is 0 Å². The Bertz CT molecular complexity index is 398. The molecule has 98 valence electrons. The van der Waals surface area contributed by atoms with Crippen LogP contribution in [0.15, 0.2) is 6.20 Å². The minimum atomic E-state index is -0.544. The van der Waals surface area contributed by atoms with Crippen LogP contribution < -0.4 is 5.73 Å². The fourth-order valence-electron chi connectivity index (χ4n) is 1.23. The third-order valence-corrected chi connectivity index (χ3v) is 3.59. The van der Waals surface area contributed by atoms with Crippen molar-refractivity contribution >= 4 is 47.2 Å². The van der Waals surface area contributed by atoms with Crippen LogP contribution in [-0.4, -0.2) is 16.7 Å². The molecule has 0 aromatic carbocycles. The average Bonchev–Trinajstić information content (AvgIpc) is 2.24. The molecule has 0 amide bonds. The first-order chi connectivity index (χ1) is 7.31. The van der Waals surface area contributed by atoms with Crippen molar-refractivity contribution in [2.75, 3.05) is 6.61 Å². The highest BCUT2D eigenvalue weighted by Gasteiger charge is 2.31. The van der Waals surface area contributed by atoms with Gasteiger partial charge in [0.25, 0.3) is 0 Å². The molecule has 0 saturated carbocycles. The van der Waals surface area contributed by atoms with E-state index >= 15 is 0 Å². The van der Waals surface area contributed by atoms with E-state index in [1.807, 2.05) is 13.8 Å². The standard InChI is InChI=1S/C10H13Cl3N2O.ClH/c1-10(2,4-16)8(14)6-5(11)3-15-9(13)7(6)12;/h3,8,16H,4,14H2,1-2H3;1H/t8-;/m0./s1. The molecule has 1 aromatic rings. The lowest BCUT2D eigenvalue weighted by Crippen LogP contribution is -2.33. The van der Waals surface area contributed by atoms with Gasteiger partial charge in [0, 0.05) is 29.8 Å². The van der Waals surface area contributed by atoms with Gasteiger partial charge in [-0.1, -0.05) is 48.7 Å². The minimum Gasteiger partial charge on any atom is -0.396 e. The molecule has 1 atom stereocenters. The molecule has 1 aromatic heterocycles. The highest BCUT2D eigenvalue weighted by Crippen LogP contribution is 2.40. The van der Waals surface area contributed by atoms with Gasteiger partial charge in [0.1, 0.15) is 5.15 Å². The summed E-state index contributed by atoms with van der Waals surface area (Å²) in [7, 11) is 0. The van der Waals surface area contributed by atoms with Crippen LogP contribution in [0.2, 0.25) is 15.2 Å². The molecule has 0 spiro atoms. The summed E-state index contributed by atoms with van der Waals surface area (Å²) in [6.45, 7) is 3.55. The Morgan fingerprint density at radius 3 is 2.41 bits per heavy atom. The van der Waals surface area contributed by atoms with Crippen molar-refractivity contribution < 1.29 is 5.11 Å². The van der Waals surface area contributed by atoms with Crippen LogP contribution in [-0.2, 0) is 0 Å². The van der Waals surface area contributed by atoms with Gasteiger partial charge in [0.15, 0.2) is 0 Å². The molecule has 0 bridgehead atoms. The van der Waals surface area contributed by atoms with Crippen molar-refractivity contribution in [1.82, 2.24) is 4.98 Å². The Morgan fingerprint density at radius 1 is 1.41 bits per heavy atom. The lowest BCUT2D eigenvalue weighted by molar-refractivity contribution is 0.132. The molecule has 3 nitrogen and oxygen atoms in total. The first-order valence-electron chi connectivity index (χ1n) is 4.67. The van der Waals surface area contributed by atoms with Gasteiger partial charge in [0.05, 0.1) is 10.0 Å². The molecule has 0 fully saturated rings. The third-order valence-electron chi connectivity index (χ3n) is 2.53. The molecule has 0 radical (unpaired) electrons. The van der Waals surface area contributed by atoms with Crippen LogP contribution in [0.5, 0.6) is 0 Å². The molecule has 17 heavy (non-hydrogen) atoms. The number of pyridine rings is 1. The Balaban J connectivity index is 0.00000256. The van der Waals surface area contributed by atoms with Crippen LogP contribution in [0.1, 0.15) is 25.5 Å². The fourth-order valence-corrected chi connectivity index (χ4v) is 1.96. The molecule has 0 saturated heterocycles. The number of aromatic nitrogens is 1. The normalized spacial score (nSPS) is 13.1. The van der Waals surface area contributed by atoms with Crippen molar-refractivity contribution in [3.63, 3.8) is 0 Å². The number of rotatable bonds is 3. The zero-order valence-corrected chi connectivity index (χ0v) is 12.5. The van der Waals surface area contributed by atoms with Crippen molar-refractivity contribution in [3.8, 4) is 0 Å². The fraction of sp³-hybridized carbons (Fsp3) is 0.500. The van der Waals surface area contributed by atoms with E-state index < -0.39 is 11.5 Å². The number of hydrogen-bond donors (Lipinski definition) is 2. The zero-order chi connectivity index (χ0) is 12.5. The first kappa shape index (κ1) is 17.2. The monoisotopic (exact) mass is 318 g/mol. The number of aliphatic hydroxyl groups is 1. The second-order valence-electron chi connectivity index (χ2n) is 4.25. The molecule has 3 N–H and O–H groups in total. The van der Waals surface area contributed by atoms with Gasteiger partial charge in [-0.25, -0.2) is 4.98 Å². The van der Waals surface area contributed by atoms with E-state index in [9.17, 15) is 5.11 Å². The summed E-state index contributed by atoms with van der Waals surface area (Å²) in [6, 6.07) is -0.516. The Morgan fingerprint density at radius 2 is 1.94 bits per heavy atom. The smallest absolute Gasteiger partial charge is 0.148 e. The lowest BCUT2D eigenvalue weighted by Gasteiger charge is -2.30. The van der Waals surface area contributed by atoms with E-state index in [0.717, 1.165) is 0 Å². The van der Waals surface area contributed by atoms with E-state index in [0.29, 0.717) is 10.6 Å². The Kier molecular flexibility index (Phi) is 6.50. The van der Waals surface area contributed by atoms with E-state index in [4.69, 9.17) is 40.5 Å². The predicted molar refractivity (Wildman–Crippen MR) is 74.3 cm³/mol. The molecular formula is C10H14Cl4N2O. The number of nitrogens with two attached hydrogens (primary N) is 1. The maximum absolute atomic E-state index is 9.26. The SMILES string of the molecule is CC(C)(CO)[C@@H](N)c1c(Cl)cnc(Cl)c1Cl.Cl. The van der Waals surface area contributed by atoms with Crippen LogP contribution in [0, 0.1) is 5.41 Å². The Hall–Kier alpha value is 0.230. The highest BCUT2D eigenvalue weighted by molar-refractivity contribution is 6.43. The third kappa shape index (κ3) is 3.60. The second kappa shape index (κ2) is 6.41. The van der Waals surface area contributed by atoms with Crippen LogP contribution in [0.25, 0.3) is 0 Å². The van der Waals surface area contributed by atoms with Gasteiger partial charge in [-0.05, 0) is 0 Å². The number of aliphatic hydroxyl groups excluding tert-OH is 1. The summed E-state index contributed by atoms with van der Waals surface area (Å²) in [4.78, 5) is 3.81. The topological polar surface area (TPSA) is 59.1 Å². The lowest BCUT2D eigenvalue weighted by atomic mass is 9.82. The molecule has 7 heteroatoms. The van der Waals surface area contributed by atoms with Gasteiger partial charge in [0.2, 0.25) is 0 Å². The molecule has 0 aliphatic rings. The largest absolute Gasteiger partial charge is 0.396 e. The van der Waals surface area contributed by atoms with Crippen LogP contribution >= 0.6 is 47.2 Å². The van der Waals surface area contributed by atoms with Crippen molar-refractivity contribution in [1.29, 1.82) is 0 Å². The number of halogens is 4. The summed E-state index contributed by atoms with van der Waals surface area (Å²) in [5, 5.41) is 10.0. The quantitative estimate of drug-likeness (QED) is 0.838. The van der Waals surface area contributed by atoms with E-state index in [2.05, 4.69) is 4.98 Å². The van der Waals surface area contributed by atoms with Crippen molar-refractivity contribution in [2.24, 2.45) is 11.1 Å². The van der Waals surface area contributed by atoms with Crippen molar-refractivity contribution in [2.45, 2.75) is 19.9 Å². The molecular weight excluding hydrogens is 306 g/mol. The minimum absolute atomic E-state index is 0. The predicted octanol–water partition coefficient (Wildman–Crippen LogP) is 3.48. The molecule has 0 unspecified atom stereocenters. The van der Waals surface area contributed by atoms with Gasteiger partial charge >= 0.3 is 0 Å². The van der Waals surface area contributed by atoms with E-state index in [-0.39, 0.29) is 29.2 Å². The molecule has 0 aliphatic heterocycles. The zero-order valence-electron chi connectivity index (χ0n) is 9.38. The number of hydrogen-bond acceptors (Lipinski definition) is 3. The van der Waals surface area contributed by atoms with E-state index in [1.165, 1.54) is 6.20 Å². The second-order valence-corrected chi connectivity index (χ2v) is 5.39. The van der Waals surface area contributed by atoms with Crippen LogP contribution in [0.3, 0.4) is 0 Å². The maximum Gasteiger partial charge on any atom is 0.148 e. The van der Waals surface area contributed by atoms with Gasteiger partial charge in [-0.3, -0.25) is 0 Å².